The van der Waals surface area contributed by atoms with Crippen molar-refractivity contribution in [2.24, 2.45) is 0 Å². The van der Waals surface area contributed by atoms with Gasteiger partial charge in [0, 0.05) is 12.6 Å². The minimum absolute atomic E-state index is 0.615. The fourth-order valence-electron chi connectivity index (χ4n) is 1.31. The number of rotatable bonds is 6. The number of nitrogens with one attached hydrogen (secondary N) is 1. The largest absolute Gasteiger partial charge is 0.370 e. The van der Waals surface area contributed by atoms with Crippen molar-refractivity contribution in [3.63, 3.8) is 0 Å². The summed E-state index contributed by atoms with van der Waals surface area (Å²) in [6, 6.07) is 6.51. The Morgan fingerprint density at radius 2 is 2.19 bits per heavy atom. The average Bonchev–Trinajstić information content (AvgIpc) is 2.24. The molecule has 0 aliphatic rings. The molecular weight excluding hydrogens is 266 g/mol. The van der Waals surface area contributed by atoms with Gasteiger partial charge in [0.05, 0.1) is 0 Å². The Bertz CT molecular complexity index is 315. The molecule has 3 nitrogen and oxygen atoms in total. The van der Waals surface area contributed by atoms with E-state index in [4.69, 9.17) is 0 Å². The molecule has 0 unspecified atom stereocenters. The van der Waals surface area contributed by atoms with Gasteiger partial charge in [-0.1, -0.05) is 6.07 Å². The van der Waals surface area contributed by atoms with Crippen LogP contribution >= 0.6 is 15.9 Å². The predicted octanol–water partition coefficient (Wildman–Crippen LogP) is 2.99. The van der Waals surface area contributed by atoms with Crippen molar-refractivity contribution < 1.29 is 0 Å². The van der Waals surface area contributed by atoms with Crippen molar-refractivity contribution in [2.75, 3.05) is 25.5 Å². The van der Waals surface area contributed by atoms with E-state index in [2.05, 4.69) is 52.0 Å². The van der Waals surface area contributed by atoms with E-state index >= 15 is 0 Å². The molecule has 0 aromatic carbocycles. The lowest BCUT2D eigenvalue weighted by molar-refractivity contribution is 0.273. The number of aromatic nitrogens is 1. The quantitative estimate of drug-likeness (QED) is 0.643. The van der Waals surface area contributed by atoms with Crippen LogP contribution < -0.4 is 5.32 Å². The van der Waals surface area contributed by atoms with Gasteiger partial charge < -0.3 is 10.2 Å². The van der Waals surface area contributed by atoms with Crippen LogP contribution in [-0.4, -0.2) is 36.1 Å². The number of halogens is 1. The molecule has 4 heteroatoms. The van der Waals surface area contributed by atoms with E-state index in [0.29, 0.717) is 6.04 Å². The van der Waals surface area contributed by atoms with Crippen molar-refractivity contribution in [3.05, 3.63) is 22.8 Å². The first-order valence-electron chi connectivity index (χ1n) is 5.66. The van der Waals surface area contributed by atoms with Gasteiger partial charge in [-0.15, -0.1) is 0 Å². The summed E-state index contributed by atoms with van der Waals surface area (Å²) >= 11 is 3.35. The third kappa shape index (κ3) is 4.94. The lowest BCUT2D eigenvalue weighted by atomic mass is 10.3. The van der Waals surface area contributed by atoms with Crippen molar-refractivity contribution in [1.29, 1.82) is 0 Å². The highest BCUT2D eigenvalue weighted by Gasteiger charge is 2.01. The molecule has 16 heavy (non-hydrogen) atoms. The molecule has 0 amide bonds. The number of hydrogen-bond acceptors (Lipinski definition) is 3. The standard InChI is InChI=1S/C12H20BrN3/c1-10(2)16(3)9-5-8-14-12-7-4-6-11(13)15-12/h4,6-7,10H,5,8-9H2,1-3H3,(H,14,15). The van der Waals surface area contributed by atoms with Crippen LogP contribution in [0.2, 0.25) is 0 Å². The molecular formula is C12H20BrN3. The maximum atomic E-state index is 4.32. The van der Waals surface area contributed by atoms with Gasteiger partial charge in [-0.3, -0.25) is 0 Å². The molecule has 1 heterocycles. The summed E-state index contributed by atoms with van der Waals surface area (Å²) < 4.78 is 0.872. The van der Waals surface area contributed by atoms with Gasteiger partial charge in [0.1, 0.15) is 10.4 Å². The van der Waals surface area contributed by atoms with E-state index in [0.717, 1.165) is 29.9 Å². The molecule has 0 aliphatic carbocycles. The number of anilines is 1. The molecule has 0 fully saturated rings. The van der Waals surface area contributed by atoms with E-state index < -0.39 is 0 Å². The van der Waals surface area contributed by atoms with Crippen LogP contribution in [0.25, 0.3) is 0 Å². The third-order valence-electron chi connectivity index (χ3n) is 2.59. The van der Waals surface area contributed by atoms with Gasteiger partial charge in [0.15, 0.2) is 0 Å². The average molecular weight is 286 g/mol. The Morgan fingerprint density at radius 1 is 1.44 bits per heavy atom. The zero-order valence-electron chi connectivity index (χ0n) is 10.2. The summed E-state index contributed by atoms with van der Waals surface area (Å²) in [5.74, 6) is 0.932. The van der Waals surface area contributed by atoms with Gasteiger partial charge in [-0.25, -0.2) is 4.98 Å². The van der Waals surface area contributed by atoms with Crippen LogP contribution in [0.15, 0.2) is 22.8 Å². The van der Waals surface area contributed by atoms with E-state index in [-0.39, 0.29) is 0 Å². The fourth-order valence-corrected chi connectivity index (χ4v) is 1.65. The van der Waals surface area contributed by atoms with Crippen LogP contribution in [0.5, 0.6) is 0 Å². The normalized spacial score (nSPS) is 11.1. The lowest BCUT2D eigenvalue weighted by Crippen LogP contribution is -2.28. The molecule has 0 saturated carbocycles. The molecule has 0 atom stereocenters. The maximum Gasteiger partial charge on any atom is 0.127 e. The van der Waals surface area contributed by atoms with E-state index in [1.54, 1.807) is 0 Å². The molecule has 0 saturated heterocycles. The Morgan fingerprint density at radius 3 is 2.81 bits per heavy atom. The zero-order chi connectivity index (χ0) is 12.0. The molecule has 0 bridgehead atoms. The third-order valence-corrected chi connectivity index (χ3v) is 3.03. The Kier molecular flexibility index (Phi) is 5.77. The van der Waals surface area contributed by atoms with Crippen molar-refractivity contribution in [2.45, 2.75) is 26.3 Å². The van der Waals surface area contributed by atoms with Crippen molar-refractivity contribution in [3.8, 4) is 0 Å². The summed E-state index contributed by atoms with van der Waals surface area (Å²) in [7, 11) is 2.15. The minimum atomic E-state index is 0.615. The smallest absolute Gasteiger partial charge is 0.127 e. The summed E-state index contributed by atoms with van der Waals surface area (Å²) in [5, 5.41) is 3.31. The first kappa shape index (κ1) is 13.5. The lowest BCUT2D eigenvalue weighted by Gasteiger charge is -2.20. The molecule has 90 valence electrons. The summed E-state index contributed by atoms with van der Waals surface area (Å²) in [6.07, 6.45) is 1.13. The van der Waals surface area contributed by atoms with Crippen LogP contribution in [0.4, 0.5) is 5.82 Å². The highest BCUT2D eigenvalue weighted by Crippen LogP contribution is 2.09. The maximum absolute atomic E-state index is 4.32. The number of hydrogen-bond donors (Lipinski definition) is 1. The molecule has 0 radical (unpaired) electrons. The molecule has 1 N–H and O–H groups in total. The number of nitrogens with zero attached hydrogens (tertiary/aromatic N) is 2. The fraction of sp³-hybridized carbons (Fsp3) is 0.583. The van der Waals surface area contributed by atoms with Gasteiger partial charge in [0.2, 0.25) is 0 Å². The van der Waals surface area contributed by atoms with Gasteiger partial charge >= 0.3 is 0 Å². The highest BCUT2D eigenvalue weighted by atomic mass is 79.9. The van der Waals surface area contributed by atoms with Gasteiger partial charge in [0.25, 0.3) is 0 Å². The summed E-state index contributed by atoms with van der Waals surface area (Å²) in [5.41, 5.74) is 0. The van der Waals surface area contributed by atoms with Crippen molar-refractivity contribution >= 4 is 21.7 Å². The van der Waals surface area contributed by atoms with Crippen LogP contribution in [0.3, 0.4) is 0 Å². The molecule has 1 aromatic heterocycles. The van der Waals surface area contributed by atoms with Crippen LogP contribution in [0.1, 0.15) is 20.3 Å². The SMILES string of the molecule is CC(C)N(C)CCCNc1cccc(Br)n1. The molecule has 0 spiro atoms. The van der Waals surface area contributed by atoms with Gasteiger partial charge in [-0.05, 0) is 61.9 Å². The summed E-state index contributed by atoms with van der Waals surface area (Å²) in [6.45, 7) is 6.49. The molecule has 1 aromatic rings. The Labute approximate surface area is 106 Å². The van der Waals surface area contributed by atoms with E-state index in [1.165, 1.54) is 0 Å². The Balaban J connectivity index is 2.21. The second-order valence-electron chi connectivity index (χ2n) is 4.20. The molecule has 0 aliphatic heterocycles. The summed E-state index contributed by atoms with van der Waals surface area (Å²) in [4.78, 5) is 6.66. The van der Waals surface area contributed by atoms with Crippen molar-refractivity contribution in [1.82, 2.24) is 9.88 Å². The van der Waals surface area contributed by atoms with E-state index in [1.807, 2.05) is 18.2 Å². The van der Waals surface area contributed by atoms with Crippen LogP contribution in [-0.2, 0) is 0 Å². The van der Waals surface area contributed by atoms with Crippen LogP contribution in [0, 0.1) is 0 Å². The highest BCUT2D eigenvalue weighted by molar-refractivity contribution is 9.10. The first-order valence-corrected chi connectivity index (χ1v) is 6.45. The second-order valence-corrected chi connectivity index (χ2v) is 5.01. The Hall–Kier alpha value is -0.610. The molecule has 1 rings (SSSR count). The number of pyridine rings is 1. The predicted molar refractivity (Wildman–Crippen MR) is 72.8 cm³/mol. The topological polar surface area (TPSA) is 28.2 Å². The monoisotopic (exact) mass is 285 g/mol. The zero-order valence-corrected chi connectivity index (χ0v) is 11.8. The van der Waals surface area contributed by atoms with E-state index in [9.17, 15) is 0 Å². The first-order chi connectivity index (χ1) is 7.59. The minimum Gasteiger partial charge on any atom is -0.370 e. The van der Waals surface area contributed by atoms with Gasteiger partial charge in [-0.2, -0.15) is 0 Å². The second kappa shape index (κ2) is 6.86.